The average Bonchev–Trinajstić information content (AvgIpc) is 2.62. The Morgan fingerprint density at radius 3 is 2.68 bits per heavy atom. The molecule has 3 rings (SSSR count). The number of piperidine rings is 2. The zero-order chi connectivity index (χ0) is 17.9. The van der Waals surface area contributed by atoms with Crippen molar-refractivity contribution in [3.8, 4) is 0 Å². The van der Waals surface area contributed by atoms with Crippen molar-refractivity contribution < 1.29 is 15.0 Å². The first-order chi connectivity index (χ1) is 12.0. The van der Waals surface area contributed by atoms with Crippen LogP contribution in [0.1, 0.15) is 37.1 Å². The highest BCUT2D eigenvalue weighted by molar-refractivity contribution is 5.77. The maximum Gasteiger partial charge on any atom is 0.222 e. The van der Waals surface area contributed by atoms with Crippen LogP contribution in [0.3, 0.4) is 0 Å². The summed E-state index contributed by atoms with van der Waals surface area (Å²) in [6, 6.07) is -0.203. The van der Waals surface area contributed by atoms with Gasteiger partial charge in [0.1, 0.15) is 0 Å². The Morgan fingerprint density at radius 1 is 1.20 bits per heavy atom. The molecule has 25 heavy (non-hydrogen) atoms. The minimum Gasteiger partial charge on any atom is -0.395 e. The molecule has 1 unspecified atom stereocenters. The molecule has 7 nitrogen and oxygen atoms in total. The second-order valence-electron chi connectivity index (χ2n) is 7.49. The lowest BCUT2D eigenvalue weighted by Gasteiger charge is -2.49. The number of aromatic nitrogens is 2. The van der Waals surface area contributed by atoms with E-state index in [-0.39, 0.29) is 30.6 Å². The molecular weight excluding hydrogens is 320 g/mol. The number of hydrogen-bond donors (Lipinski definition) is 2. The average molecular weight is 348 g/mol. The number of hydrogen-bond acceptors (Lipinski definition) is 6. The molecule has 0 bridgehead atoms. The summed E-state index contributed by atoms with van der Waals surface area (Å²) < 4.78 is 0. The highest BCUT2D eigenvalue weighted by Gasteiger charge is 2.42. The second-order valence-corrected chi connectivity index (χ2v) is 7.49. The SMILES string of the molecule is Cc1cnc(CN2CC3(CCCN(C(CO)CO)C3)CCC2=O)cn1. The molecule has 1 aromatic rings. The number of nitrogens with zero attached hydrogens (tertiary/aromatic N) is 4. The first-order valence-corrected chi connectivity index (χ1v) is 9.06. The van der Waals surface area contributed by atoms with E-state index >= 15 is 0 Å². The van der Waals surface area contributed by atoms with Gasteiger partial charge < -0.3 is 15.1 Å². The third kappa shape index (κ3) is 4.16. The van der Waals surface area contributed by atoms with Crippen LogP contribution in [0.5, 0.6) is 0 Å². The van der Waals surface area contributed by atoms with Crippen LogP contribution in [0.4, 0.5) is 0 Å². The van der Waals surface area contributed by atoms with Crippen LogP contribution in [0.2, 0.25) is 0 Å². The quantitative estimate of drug-likeness (QED) is 0.798. The van der Waals surface area contributed by atoms with Crippen LogP contribution >= 0.6 is 0 Å². The molecule has 2 N–H and O–H groups in total. The van der Waals surface area contributed by atoms with Crippen LogP contribution < -0.4 is 0 Å². The lowest BCUT2D eigenvalue weighted by Crippen LogP contribution is -2.56. The van der Waals surface area contributed by atoms with E-state index in [2.05, 4.69) is 14.9 Å². The van der Waals surface area contributed by atoms with E-state index < -0.39 is 0 Å². The molecule has 0 aromatic carbocycles. The monoisotopic (exact) mass is 348 g/mol. The van der Waals surface area contributed by atoms with Gasteiger partial charge in [0.05, 0.1) is 43.4 Å². The summed E-state index contributed by atoms with van der Waals surface area (Å²) in [6.45, 7) is 4.75. The van der Waals surface area contributed by atoms with Gasteiger partial charge in [-0.2, -0.15) is 0 Å². The Bertz CT molecular complexity index is 590. The van der Waals surface area contributed by atoms with E-state index in [0.29, 0.717) is 19.5 Å². The molecule has 2 aliphatic heterocycles. The fourth-order valence-electron chi connectivity index (χ4n) is 4.12. The maximum atomic E-state index is 12.4. The van der Waals surface area contributed by atoms with Crippen molar-refractivity contribution in [1.29, 1.82) is 0 Å². The normalized spacial score (nSPS) is 25.1. The fourth-order valence-corrected chi connectivity index (χ4v) is 4.12. The lowest BCUT2D eigenvalue weighted by molar-refractivity contribution is -0.141. The van der Waals surface area contributed by atoms with Gasteiger partial charge in [-0.3, -0.25) is 19.7 Å². The first-order valence-electron chi connectivity index (χ1n) is 9.06. The molecule has 3 heterocycles. The third-order valence-corrected chi connectivity index (χ3v) is 5.56. The van der Waals surface area contributed by atoms with E-state index in [1.54, 1.807) is 12.4 Å². The molecule has 2 saturated heterocycles. The zero-order valence-corrected chi connectivity index (χ0v) is 14.9. The number of carbonyl (C=O) groups excluding carboxylic acids is 1. The third-order valence-electron chi connectivity index (χ3n) is 5.56. The molecular formula is C18H28N4O3. The van der Waals surface area contributed by atoms with E-state index in [1.165, 1.54) is 0 Å². The van der Waals surface area contributed by atoms with Crippen molar-refractivity contribution in [2.45, 2.75) is 45.2 Å². The van der Waals surface area contributed by atoms with Gasteiger partial charge in [-0.25, -0.2) is 0 Å². The largest absolute Gasteiger partial charge is 0.395 e. The molecule has 0 aliphatic carbocycles. The number of carbonyl (C=O) groups is 1. The summed E-state index contributed by atoms with van der Waals surface area (Å²) in [4.78, 5) is 25.1. The molecule has 1 amide bonds. The van der Waals surface area contributed by atoms with Crippen molar-refractivity contribution in [1.82, 2.24) is 19.8 Å². The predicted octanol–water partition coefficient (Wildman–Crippen LogP) is 0.343. The number of aliphatic hydroxyl groups is 2. The minimum atomic E-state index is -0.203. The van der Waals surface area contributed by atoms with Gasteiger partial charge in [0.25, 0.3) is 0 Å². The van der Waals surface area contributed by atoms with Crippen LogP contribution in [0.25, 0.3) is 0 Å². The van der Waals surface area contributed by atoms with Gasteiger partial charge in [0.15, 0.2) is 0 Å². The van der Waals surface area contributed by atoms with Gasteiger partial charge >= 0.3 is 0 Å². The maximum absolute atomic E-state index is 12.4. The molecule has 1 spiro atoms. The van der Waals surface area contributed by atoms with Gasteiger partial charge in [0, 0.05) is 31.1 Å². The van der Waals surface area contributed by atoms with E-state index in [1.807, 2.05) is 11.8 Å². The Hall–Kier alpha value is -1.57. The van der Waals surface area contributed by atoms with E-state index in [0.717, 1.165) is 43.7 Å². The van der Waals surface area contributed by atoms with Crippen LogP contribution in [0.15, 0.2) is 12.4 Å². The van der Waals surface area contributed by atoms with E-state index in [9.17, 15) is 15.0 Å². The van der Waals surface area contributed by atoms with Crippen molar-refractivity contribution in [3.63, 3.8) is 0 Å². The Balaban J connectivity index is 1.70. The Labute approximate surface area is 148 Å². The number of rotatable bonds is 5. The number of aryl methyl sites for hydroxylation is 1. The molecule has 1 aromatic heterocycles. The number of likely N-dealkylation sites (tertiary alicyclic amines) is 2. The van der Waals surface area contributed by atoms with Crippen LogP contribution in [0, 0.1) is 12.3 Å². The molecule has 0 radical (unpaired) electrons. The summed E-state index contributed by atoms with van der Waals surface area (Å²) in [5.41, 5.74) is 1.73. The molecule has 0 saturated carbocycles. The number of amides is 1. The summed E-state index contributed by atoms with van der Waals surface area (Å²) in [6.07, 6.45) is 7.01. The van der Waals surface area contributed by atoms with Crippen LogP contribution in [-0.4, -0.2) is 74.8 Å². The Morgan fingerprint density at radius 2 is 2.00 bits per heavy atom. The standard InChI is InChI=1S/C18H28N4O3/c1-14-7-20-15(8-19-14)9-22-13-18(5-3-17(22)25)4-2-6-21(12-18)16(10-23)11-24/h7-8,16,23-24H,2-6,9-13H2,1H3. The van der Waals surface area contributed by atoms with Gasteiger partial charge in [-0.15, -0.1) is 0 Å². The molecule has 7 heteroatoms. The topological polar surface area (TPSA) is 89.8 Å². The van der Waals surface area contributed by atoms with Crippen molar-refractivity contribution in [2.24, 2.45) is 5.41 Å². The Kier molecular flexibility index (Phi) is 5.66. The van der Waals surface area contributed by atoms with Gasteiger partial charge in [-0.1, -0.05) is 0 Å². The van der Waals surface area contributed by atoms with E-state index in [4.69, 9.17) is 0 Å². The second kappa shape index (κ2) is 7.76. The molecule has 2 fully saturated rings. The van der Waals surface area contributed by atoms with Crippen molar-refractivity contribution in [2.75, 3.05) is 32.8 Å². The highest BCUT2D eigenvalue weighted by atomic mass is 16.3. The van der Waals surface area contributed by atoms with Gasteiger partial charge in [-0.05, 0) is 32.7 Å². The lowest BCUT2D eigenvalue weighted by atomic mass is 9.73. The zero-order valence-electron chi connectivity index (χ0n) is 14.9. The van der Waals surface area contributed by atoms with Crippen molar-refractivity contribution in [3.05, 3.63) is 23.8 Å². The van der Waals surface area contributed by atoms with Crippen molar-refractivity contribution >= 4 is 5.91 Å². The molecule has 1 atom stereocenters. The fraction of sp³-hybridized carbons (Fsp3) is 0.722. The smallest absolute Gasteiger partial charge is 0.222 e. The molecule has 138 valence electrons. The highest BCUT2D eigenvalue weighted by Crippen LogP contribution is 2.39. The summed E-state index contributed by atoms with van der Waals surface area (Å²) >= 11 is 0. The van der Waals surface area contributed by atoms with Crippen LogP contribution in [-0.2, 0) is 11.3 Å². The molecule has 2 aliphatic rings. The van der Waals surface area contributed by atoms with Gasteiger partial charge in [0.2, 0.25) is 5.91 Å². The summed E-state index contributed by atoms with van der Waals surface area (Å²) in [7, 11) is 0. The number of aliphatic hydroxyl groups excluding tert-OH is 2. The minimum absolute atomic E-state index is 0.0336. The first kappa shape index (κ1) is 18.2. The summed E-state index contributed by atoms with van der Waals surface area (Å²) in [5.74, 6) is 0.172. The predicted molar refractivity (Wildman–Crippen MR) is 92.6 cm³/mol. The summed E-state index contributed by atoms with van der Waals surface area (Å²) in [5, 5.41) is 19.0.